The number of ether oxygens (including phenoxy) is 2. The van der Waals surface area contributed by atoms with Gasteiger partial charge in [-0.1, -0.05) is 22.0 Å². The lowest BCUT2D eigenvalue weighted by molar-refractivity contribution is -0.386. The van der Waals surface area contributed by atoms with E-state index in [9.17, 15) is 19.7 Å². The Balaban J connectivity index is 2.55. The molecule has 0 radical (unpaired) electrons. The van der Waals surface area contributed by atoms with E-state index in [1.54, 1.807) is 12.1 Å². The zero-order valence-electron chi connectivity index (χ0n) is 12.6. The van der Waals surface area contributed by atoms with E-state index >= 15 is 0 Å². The number of rotatable bonds is 5. The molecule has 126 valence electrons. The van der Waals surface area contributed by atoms with Crippen molar-refractivity contribution in [3.8, 4) is 11.5 Å². The molecular formula is C14H12BrN3O6. The standard InChI is InChI=1S/C14H12BrN3O6/c1-23-10-5-7(8(15)6-11(10)24-2)3-4-9-12(18(21)22)13(19)17-14(20)16-9/h3-6H,1-2H3,(H2,16,17,19,20)/b4-3+. The van der Waals surface area contributed by atoms with Crippen LogP contribution in [0.15, 0.2) is 26.2 Å². The molecule has 0 saturated carbocycles. The number of aromatic amines is 2. The van der Waals surface area contributed by atoms with Crippen LogP contribution in [0.1, 0.15) is 11.3 Å². The third-order valence-corrected chi connectivity index (χ3v) is 3.75. The lowest BCUT2D eigenvalue weighted by atomic mass is 10.1. The average molecular weight is 398 g/mol. The number of hydrogen-bond acceptors (Lipinski definition) is 6. The predicted molar refractivity (Wildman–Crippen MR) is 90.5 cm³/mol. The largest absolute Gasteiger partial charge is 0.493 e. The fourth-order valence-corrected chi connectivity index (χ4v) is 2.42. The fraction of sp³-hybridized carbons (Fsp3) is 0.143. The summed E-state index contributed by atoms with van der Waals surface area (Å²) in [5.41, 5.74) is -2.27. The van der Waals surface area contributed by atoms with E-state index in [1.165, 1.54) is 26.4 Å². The summed E-state index contributed by atoms with van der Waals surface area (Å²) in [4.78, 5) is 37.1. The molecule has 0 atom stereocenters. The van der Waals surface area contributed by atoms with Crippen molar-refractivity contribution < 1.29 is 14.4 Å². The average Bonchev–Trinajstić information content (AvgIpc) is 2.52. The number of hydrogen-bond donors (Lipinski definition) is 2. The van der Waals surface area contributed by atoms with Crippen LogP contribution in [0, 0.1) is 10.1 Å². The maximum absolute atomic E-state index is 11.6. The van der Waals surface area contributed by atoms with Crippen LogP contribution in [-0.4, -0.2) is 29.1 Å². The maximum atomic E-state index is 11.6. The van der Waals surface area contributed by atoms with Gasteiger partial charge in [0.05, 0.1) is 19.1 Å². The van der Waals surface area contributed by atoms with Crippen molar-refractivity contribution >= 4 is 33.8 Å². The molecule has 0 saturated heterocycles. The second-order valence-corrected chi connectivity index (χ2v) is 5.34. The SMILES string of the molecule is COc1cc(Br)c(/C=C/c2[nH]c(=O)[nH]c(=O)c2[N+](=O)[O-])cc1OC. The van der Waals surface area contributed by atoms with Crippen molar-refractivity contribution in [2.24, 2.45) is 0 Å². The molecule has 2 N–H and O–H groups in total. The monoisotopic (exact) mass is 397 g/mol. The Morgan fingerprint density at radius 1 is 1.12 bits per heavy atom. The van der Waals surface area contributed by atoms with Crippen molar-refractivity contribution in [1.82, 2.24) is 9.97 Å². The number of H-pyrrole nitrogens is 2. The molecule has 0 aliphatic rings. The molecule has 24 heavy (non-hydrogen) atoms. The first kappa shape index (κ1) is 17.5. The van der Waals surface area contributed by atoms with E-state index in [0.717, 1.165) is 0 Å². The van der Waals surface area contributed by atoms with E-state index in [1.807, 2.05) is 4.98 Å². The number of aromatic nitrogens is 2. The zero-order valence-corrected chi connectivity index (χ0v) is 14.2. The normalized spacial score (nSPS) is 10.8. The Bertz CT molecular complexity index is 931. The van der Waals surface area contributed by atoms with Gasteiger partial charge < -0.3 is 14.5 Å². The summed E-state index contributed by atoms with van der Waals surface area (Å²) in [7, 11) is 2.96. The van der Waals surface area contributed by atoms with E-state index in [4.69, 9.17) is 9.47 Å². The van der Waals surface area contributed by atoms with E-state index in [0.29, 0.717) is 21.5 Å². The summed E-state index contributed by atoms with van der Waals surface area (Å²) in [6, 6.07) is 3.30. The fourth-order valence-electron chi connectivity index (χ4n) is 1.97. The van der Waals surface area contributed by atoms with E-state index in [2.05, 4.69) is 20.9 Å². The molecule has 1 aromatic heterocycles. The minimum atomic E-state index is -1.07. The Labute approximate surface area is 143 Å². The van der Waals surface area contributed by atoms with Crippen LogP contribution in [0.25, 0.3) is 12.2 Å². The van der Waals surface area contributed by atoms with Crippen molar-refractivity contribution in [2.75, 3.05) is 14.2 Å². The van der Waals surface area contributed by atoms with E-state index < -0.39 is 21.9 Å². The third-order valence-electron chi connectivity index (χ3n) is 3.06. The quantitative estimate of drug-likeness (QED) is 0.585. The second-order valence-electron chi connectivity index (χ2n) is 4.49. The highest BCUT2D eigenvalue weighted by atomic mass is 79.9. The second kappa shape index (κ2) is 7.13. The highest BCUT2D eigenvalue weighted by Crippen LogP contribution is 2.34. The third kappa shape index (κ3) is 3.54. The first-order valence-corrected chi connectivity index (χ1v) is 7.27. The van der Waals surface area contributed by atoms with Crippen LogP contribution in [0.3, 0.4) is 0 Å². The maximum Gasteiger partial charge on any atom is 0.357 e. The number of methoxy groups -OCH3 is 2. The molecule has 0 amide bonds. The molecule has 10 heteroatoms. The van der Waals surface area contributed by atoms with Gasteiger partial charge in [-0.25, -0.2) is 4.79 Å². The number of halogens is 1. The minimum absolute atomic E-state index is 0.213. The summed E-state index contributed by atoms with van der Waals surface area (Å²) >= 11 is 3.34. The highest BCUT2D eigenvalue weighted by molar-refractivity contribution is 9.10. The molecule has 9 nitrogen and oxygen atoms in total. The van der Waals surface area contributed by atoms with Gasteiger partial charge in [0.15, 0.2) is 11.5 Å². The van der Waals surface area contributed by atoms with Gasteiger partial charge in [0, 0.05) is 4.47 Å². The molecule has 2 aromatic rings. The Morgan fingerprint density at radius 3 is 2.33 bits per heavy atom. The summed E-state index contributed by atoms with van der Waals surface area (Å²) in [6.07, 6.45) is 2.75. The molecule has 1 aromatic carbocycles. The predicted octanol–water partition coefficient (Wildman–Crippen LogP) is 1.92. The molecule has 1 heterocycles. The molecule has 2 rings (SSSR count). The number of benzene rings is 1. The van der Waals surface area contributed by atoms with Crippen LogP contribution in [-0.2, 0) is 0 Å². The summed E-state index contributed by atoms with van der Waals surface area (Å²) < 4.78 is 11.0. The van der Waals surface area contributed by atoms with Gasteiger partial charge in [-0.05, 0) is 23.8 Å². The number of nitro groups is 1. The Morgan fingerprint density at radius 2 is 1.75 bits per heavy atom. The van der Waals surface area contributed by atoms with Gasteiger partial charge in [0.1, 0.15) is 5.69 Å². The Kier molecular flexibility index (Phi) is 5.19. The van der Waals surface area contributed by atoms with Crippen LogP contribution in [0.2, 0.25) is 0 Å². The molecule has 0 fully saturated rings. The topological polar surface area (TPSA) is 127 Å². The van der Waals surface area contributed by atoms with Gasteiger partial charge in [0.25, 0.3) is 0 Å². The molecule has 0 bridgehead atoms. The van der Waals surface area contributed by atoms with Crippen molar-refractivity contribution in [2.45, 2.75) is 0 Å². The van der Waals surface area contributed by atoms with Crippen molar-refractivity contribution in [3.05, 3.63) is 58.8 Å². The van der Waals surface area contributed by atoms with Gasteiger partial charge in [-0.15, -0.1) is 0 Å². The summed E-state index contributed by atoms with van der Waals surface area (Å²) in [6.45, 7) is 0. The van der Waals surface area contributed by atoms with Crippen LogP contribution < -0.4 is 20.7 Å². The van der Waals surface area contributed by atoms with Gasteiger partial charge in [-0.3, -0.25) is 19.9 Å². The van der Waals surface area contributed by atoms with Gasteiger partial charge in [-0.2, -0.15) is 0 Å². The number of nitrogens with one attached hydrogen (secondary N) is 2. The van der Waals surface area contributed by atoms with Crippen LogP contribution in [0.4, 0.5) is 5.69 Å². The molecule has 0 unspecified atom stereocenters. The number of nitrogens with zero attached hydrogens (tertiary/aromatic N) is 1. The summed E-state index contributed by atoms with van der Waals surface area (Å²) in [5.74, 6) is 0.950. The van der Waals surface area contributed by atoms with Gasteiger partial charge in [0.2, 0.25) is 0 Å². The molecule has 0 spiro atoms. The molecule has 0 aliphatic carbocycles. The first-order valence-electron chi connectivity index (χ1n) is 6.48. The minimum Gasteiger partial charge on any atom is -0.493 e. The van der Waals surface area contributed by atoms with E-state index in [-0.39, 0.29) is 5.69 Å². The highest BCUT2D eigenvalue weighted by Gasteiger charge is 2.19. The van der Waals surface area contributed by atoms with Crippen LogP contribution >= 0.6 is 15.9 Å². The Hall–Kier alpha value is -2.88. The molecular weight excluding hydrogens is 386 g/mol. The zero-order chi connectivity index (χ0) is 17.9. The van der Waals surface area contributed by atoms with Crippen molar-refractivity contribution in [3.63, 3.8) is 0 Å². The molecule has 0 aliphatic heterocycles. The lowest BCUT2D eigenvalue weighted by Gasteiger charge is -2.09. The van der Waals surface area contributed by atoms with Gasteiger partial charge >= 0.3 is 16.9 Å². The summed E-state index contributed by atoms with van der Waals surface area (Å²) in [5, 5.41) is 11.0. The lowest BCUT2D eigenvalue weighted by Crippen LogP contribution is -2.25. The first-order chi connectivity index (χ1) is 11.4. The smallest absolute Gasteiger partial charge is 0.357 e. The van der Waals surface area contributed by atoms with Crippen LogP contribution in [0.5, 0.6) is 11.5 Å². The van der Waals surface area contributed by atoms with Crippen molar-refractivity contribution in [1.29, 1.82) is 0 Å².